The molecule has 0 bridgehead atoms. The Balaban J connectivity index is 1.71. The fourth-order valence-electron chi connectivity index (χ4n) is 1.15. The van der Waals surface area contributed by atoms with Gasteiger partial charge in [-0.25, -0.2) is 0 Å². The van der Waals surface area contributed by atoms with Crippen LogP contribution in [-0.2, 0) is 0 Å². The minimum absolute atomic E-state index is 0.594. The number of benzene rings is 1. The zero-order valence-electron chi connectivity index (χ0n) is 8.47. The standard InChI is InChI=1S/C10H11N3OS2/c15-10-13-12-9(16-10)11-6-7-14-8-4-2-1-3-5-8/h1-5H,6-7H2,(H,11,12)(H,13,15). The van der Waals surface area contributed by atoms with E-state index in [1.165, 1.54) is 11.3 Å². The molecular weight excluding hydrogens is 242 g/mol. The van der Waals surface area contributed by atoms with E-state index in [-0.39, 0.29) is 0 Å². The van der Waals surface area contributed by atoms with E-state index in [1.807, 2.05) is 30.3 Å². The Labute approximate surface area is 102 Å². The van der Waals surface area contributed by atoms with E-state index in [2.05, 4.69) is 15.5 Å². The van der Waals surface area contributed by atoms with Crippen LogP contribution in [0.3, 0.4) is 0 Å². The van der Waals surface area contributed by atoms with Gasteiger partial charge in [0, 0.05) is 0 Å². The van der Waals surface area contributed by atoms with Gasteiger partial charge in [0.1, 0.15) is 12.4 Å². The lowest BCUT2D eigenvalue weighted by Crippen LogP contribution is -2.11. The maximum Gasteiger partial charge on any atom is 0.204 e. The third-order valence-electron chi connectivity index (χ3n) is 1.83. The molecule has 1 heterocycles. The number of anilines is 1. The van der Waals surface area contributed by atoms with E-state index in [0.717, 1.165) is 10.9 Å². The lowest BCUT2D eigenvalue weighted by atomic mass is 10.3. The molecular formula is C10H11N3OS2. The molecule has 0 spiro atoms. The normalized spacial score (nSPS) is 10.0. The van der Waals surface area contributed by atoms with Gasteiger partial charge in [0.2, 0.25) is 5.13 Å². The summed E-state index contributed by atoms with van der Waals surface area (Å²) in [7, 11) is 0. The monoisotopic (exact) mass is 253 g/mol. The van der Waals surface area contributed by atoms with Crippen molar-refractivity contribution in [3.05, 3.63) is 34.3 Å². The van der Waals surface area contributed by atoms with Gasteiger partial charge < -0.3 is 10.1 Å². The van der Waals surface area contributed by atoms with E-state index >= 15 is 0 Å². The highest BCUT2D eigenvalue weighted by Crippen LogP contribution is 2.11. The van der Waals surface area contributed by atoms with Crippen molar-refractivity contribution < 1.29 is 4.74 Å². The molecule has 2 rings (SSSR count). The number of rotatable bonds is 5. The Morgan fingerprint density at radius 2 is 2.19 bits per heavy atom. The molecule has 0 unspecified atom stereocenters. The number of para-hydroxylation sites is 1. The molecule has 1 aromatic carbocycles. The molecule has 0 aliphatic heterocycles. The Bertz CT molecular complexity index is 480. The highest BCUT2D eigenvalue weighted by molar-refractivity contribution is 7.73. The number of nitrogens with zero attached hydrogens (tertiary/aromatic N) is 1. The van der Waals surface area contributed by atoms with Crippen molar-refractivity contribution >= 4 is 28.7 Å². The molecule has 16 heavy (non-hydrogen) atoms. The summed E-state index contributed by atoms with van der Waals surface area (Å²) in [5.41, 5.74) is 0. The minimum Gasteiger partial charge on any atom is -0.492 e. The van der Waals surface area contributed by atoms with Gasteiger partial charge in [0.05, 0.1) is 6.54 Å². The number of H-pyrrole nitrogens is 1. The summed E-state index contributed by atoms with van der Waals surface area (Å²) in [5, 5.41) is 10.6. The molecule has 0 saturated carbocycles. The lowest BCUT2D eigenvalue weighted by Gasteiger charge is -2.05. The summed E-state index contributed by atoms with van der Waals surface area (Å²) in [6, 6.07) is 9.71. The zero-order chi connectivity index (χ0) is 11.2. The first-order valence-electron chi connectivity index (χ1n) is 4.82. The van der Waals surface area contributed by atoms with Crippen molar-refractivity contribution in [1.29, 1.82) is 0 Å². The van der Waals surface area contributed by atoms with Gasteiger partial charge in [-0.05, 0) is 24.4 Å². The molecule has 2 aromatic rings. The maximum absolute atomic E-state index is 5.51. The summed E-state index contributed by atoms with van der Waals surface area (Å²) >= 11 is 6.33. The van der Waals surface area contributed by atoms with Crippen molar-refractivity contribution in [2.45, 2.75) is 0 Å². The first kappa shape index (κ1) is 11.1. The second-order valence-electron chi connectivity index (χ2n) is 3.01. The quantitative estimate of drug-likeness (QED) is 0.635. The van der Waals surface area contributed by atoms with Crippen molar-refractivity contribution in [1.82, 2.24) is 10.2 Å². The number of nitrogens with one attached hydrogen (secondary N) is 2. The van der Waals surface area contributed by atoms with Gasteiger partial charge in [0.25, 0.3) is 0 Å². The molecule has 0 amide bonds. The molecule has 0 atom stereocenters. The van der Waals surface area contributed by atoms with Crippen molar-refractivity contribution in [2.75, 3.05) is 18.5 Å². The van der Waals surface area contributed by atoms with Crippen molar-refractivity contribution in [2.24, 2.45) is 0 Å². The van der Waals surface area contributed by atoms with Crippen molar-refractivity contribution in [3.63, 3.8) is 0 Å². The molecule has 0 saturated heterocycles. The highest BCUT2D eigenvalue weighted by Gasteiger charge is 1.96. The van der Waals surface area contributed by atoms with E-state index in [4.69, 9.17) is 17.0 Å². The third kappa shape index (κ3) is 3.32. The Morgan fingerprint density at radius 3 is 2.88 bits per heavy atom. The number of hydrogen-bond donors (Lipinski definition) is 2. The number of aromatic nitrogens is 2. The Kier molecular flexibility index (Phi) is 3.90. The van der Waals surface area contributed by atoms with Crippen LogP contribution in [0, 0.1) is 3.95 Å². The fourth-order valence-corrected chi connectivity index (χ4v) is 1.96. The Morgan fingerprint density at radius 1 is 1.38 bits per heavy atom. The smallest absolute Gasteiger partial charge is 0.204 e. The van der Waals surface area contributed by atoms with Crippen LogP contribution >= 0.6 is 23.6 Å². The van der Waals surface area contributed by atoms with Crippen LogP contribution in [0.15, 0.2) is 30.3 Å². The predicted octanol–water partition coefficient (Wildman–Crippen LogP) is 2.69. The molecule has 0 radical (unpaired) electrons. The molecule has 6 heteroatoms. The fraction of sp³-hybridized carbons (Fsp3) is 0.200. The van der Waals surface area contributed by atoms with Crippen LogP contribution in [0.4, 0.5) is 5.13 Å². The molecule has 0 fully saturated rings. The molecule has 84 valence electrons. The van der Waals surface area contributed by atoms with Gasteiger partial charge in [0.15, 0.2) is 3.95 Å². The van der Waals surface area contributed by atoms with Gasteiger partial charge in [-0.1, -0.05) is 29.5 Å². The molecule has 0 aliphatic carbocycles. The minimum atomic E-state index is 0.594. The second kappa shape index (κ2) is 5.62. The predicted molar refractivity (Wildman–Crippen MR) is 67.7 cm³/mol. The van der Waals surface area contributed by atoms with Gasteiger partial charge in [-0.3, -0.25) is 5.10 Å². The van der Waals surface area contributed by atoms with E-state index < -0.39 is 0 Å². The van der Waals surface area contributed by atoms with Gasteiger partial charge in [-0.2, -0.15) is 0 Å². The first-order valence-corrected chi connectivity index (χ1v) is 6.04. The van der Waals surface area contributed by atoms with Crippen LogP contribution in [0.1, 0.15) is 0 Å². The lowest BCUT2D eigenvalue weighted by molar-refractivity contribution is 0.333. The summed E-state index contributed by atoms with van der Waals surface area (Å²) in [4.78, 5) is 0. The SMILES string of the molecule is S=c1[nH]nc(NCCOc2ccccc2)s1. The van der Waals surface area contributed by atoms with Crippen LogP contribution in [0.2, 0.25) is 0 Å². The number of hydrogen-bond acceptors (Lipinski definition) is 5. The topological polar surface area (TPSA) is 49.9 Å². The largest absolute Gasteiger partial charge is 0.492 e. The first-order chi connectivity index (χ1) is 7.84. The Hall–Kier alpha value is -1.40. The van der Waals surface area contributed by atoms with Crippen LogP contribution in [0.5, 0.6) is 5.75 Å². The molecule has 0 aliphatic rings. The summed E-state index contributed by atoms with van der Waals surface area (Å²) < 4.78 is 6.19. The van der Waals surface area contributed by atoms with Crippen LogP contribution in [-0.4, -0.2) is 23.3 Å². The summed E-state index contributed by atoms with van der Waals surface area (Å²) in [5.74, 6) is 0.874. The molecule has 4 nitrogen and oxygen atoms in total. The van der Waals surface area contributed by atoms with E-state index in [9.17, 15) is 0 Å². The number of aromatic amines is 1. The maximum atomic E-state index is 5.51. The summed E-state index contributed by atoms with van der Waals surface area (Å²) in [6.45, 7) is 1.29. The average molecular weight is 253 g/mol. The third-order valence-corrected chi connectivity index (χ3v) is 2.88. The second-order valence-corrected chi connectivity index (χ2v) is 4.67. The number of ether oxygens (including phenoxy) is 1. The highest BCUT2D eigenvalue weighted by atomic mass is 32.1. The van der Waals surface area contributed by atoms with Crippen LogP contribution in [0.25, 0.3) is 0 Å². The van der Waals surface area contributed by atoms with Crippen molar-refractivity contribution in [3.8, 4) is 5.75 Å². The zero-order valence-corrected chi connectivity index (χ0v) is 10.1. The average Bonchev–Trinajstić information content (AvgIpc) is 2.72. The van der Waals surface area contributed by atoms with Crippen LogP contribution < -0.4 is 10.1 Å². The molecule has 2 N–H and O–H groups in total. The van der Waals surface area contributed by atoms with Gasteiger partial charge in [-0.15, -0.1) is 5.10 Å². The van der Waals surface area contributed by atoms with E-state index in [0.29, 0.717) is 17.1 Å². The molecule has 1 aromatic heterocycles. The van der Waals surface area contributed by atoms with Gasteiger partial charge >= 0.3 is 0 Å². The van der Waals surface area contributed by atoms with E-state index in [1.54, 1.807) is 0 Å². The summed E-state index contributed by atoms with van der Waals surface area (Å²) in [6.07, 6.45) is 0.